The summed E-state index contributed by atoms with van der Waals surface area (Å²) in [7, 11) is -2.02. The monoisotopic (exact) mass is 452 g/mol. The molecule has 178 valence electrons. The SMILES string of the molecule is CC(C)(C)OC(=O)N1C[C@@H](O[Si](C)(C)C(C)(C)C)CC12CCN(C1CCCCC1)C2=O. The molecule has 3 aliphatic rings. The number of amides is 2. The first kappa shape index (κ1) is 24.6. The quantitative estimate of drug-likeness (QED) is 0.544. The lowest BCUT2D eigenvalue weighted by Gasteiger charge is -2.38. The van der Waals surface area contributed by atoms with E-state index in [2.05, 4.69) is 38.8 Å². The highest BCUT2D eigenvalue weighted by Crippen LogP contribution is 2.45. The van der Waals surface area contributed by atoms with E-state index in [0.29, 0.717) is 25.4 Å². The topological polar surface area (TPSA) is 59.1 Å². The molecular weight excluding hydrogens is 408 g/mol. The van der Waals surface area contributed by atoms with Gasteiger partial charge in [0, 0.05) is 19.0 Å². The van der Waals surface area contributed by atoms with Crippen LogP contribution in [0, 0.1) is 0 Å². The average molecular weight is 453 g/mol. The minimum atomic E-state index is -2.02. The maximum Gasteiger partial charge on any atom is 0.411 e. The van der Waals surface area contributed by atoms with Crippen molar-refractivity contribution >= 4 is 20.3 Å². The van der Waals surface area contributed by atoms with Crippen molar-refractivity contribution < 1.29 is 18.8 Å². The second-order valence-corrected chi connectivity index (χ2v) is 17.1. The third kappa shape index (κ3) is 4.97. The van der Waals surface area contributed by atoms with E-state index in [4.69, 9.17) is 9.16 Å². The van der Waals surface area contributed by atoms with Crippen LogP contribution in [0.25, 0.3) is 0 Å². The minimum absolute atomic E-state index is 0.0767. The summed E-state index contributed by atoms with van der Waals surface area (Å²) in [6.07, 6.45) is 6.56. The molecule has 2 heterocycles. The Balaban J connectivity index is 1.86. The van der Waals surface area contributed by atoms with E-state index in [1.165, 1.54) is 19.3 Å². The summed E-state index contributed by atoms with van der Waals surface area (Å²) in [5.74, 6) is 0.117. The van der Waals surface area contributed by atoms with Gasteiger partial charge in [0.2, 0.25) is 5.91 Å². The van der Waals surface area contributed by atoms with Crippen molar-refractivity contribution in [3.8, 4) is 0 Å². The van der Waals surface area contributed by atoms with Gasteiger partial charge in [-0.1, -0.05) is 40.0 Å². The van der Waals surface area contributed by atoms with Crippen molar-refractivity contribution in [3.63, 3.8) is 0 Å². The number of carbonyl (C=O) groups excluding carboxylic acids is 2. The van der Waals surface area contributed by atoms with Gasteiger partial charge in [0.25, 0.3) is 0 Å². The largest absolute Gasteiger partial charge is 0.444 e. The van der Waals surface area contributed by atoms with Crippen molar-refractivity contribution in [2.75, 3.05) is 13.1 Å². The summed E-state index contributed by atoms with van der Waals surface area (Å²) < 4.78 is 12.5. The fourth-order valence-electron chi connectivity index (χ4n) is 5.13. The van der Waals surface area contributed by atoms with Crippen LogP contribution >= 0.6 is 0 Å². The highest BCUT2D eigenvalue weighted by molar-refractivity contribution is 6.74. The summed E-state index contributed by atoms with van der Waals surface area (Å²) in [5.41, 5.74) is -1.41. The molecule has 0 N–H and O–H groups in total. The molecule has 0 bridgehead atoms. The molecule has 6 nitrogen and oxygen atoms in total. The smallest absolute Gasteiger partial charge is 0.411 e. The van der Waals surface area contributed by atoms with E-state index in [9.17, 15) is 9.59 Å². The zero-order valence-corrected chi connectivity index (χ0v) is 22.0. The van der Waals surface area contributed by atoms with Gasteiger partial charge >= 0.3 is 6.09 Å². The van der Waals surface area contributed by atoms with Crippen molar-refractivity contribution in [1.82, 2.24) is 9.80 Å². The number of hydrogen-bond donors (Lipinski definition) is 0. The normalized spacial score (nSPS) is 28.6. The highest BCUT2D eigenvalue weighted by Gasteiger charge is 2.60. The molecule has 0 aromatic heterocycles. The van der Waals surface area contributed by atoms with Gasteiger partial charge in [0.1, 0.15) is 11.1 Å². The van der Waals surface area contributed by atoms with Crippen LogP contribution in [0.2, 0.25) is 18.1 Å². The summed E-state index contributed by atoms with van der Waals surface area (Å²) in [5, 5.41) is 0.0767. The van der Waals surface area contributed by atoms with Crippen molar-refractivity contribution in [2.24, 2.45) is 0 Å². The molecule has 1 aliphatic carbocycles. The van der Waals surface area contributed by atoms with Crippen LogP contribution in [0.15, 0.2) is 0 Å². The van der Waals surface area contributed by atoms with Crippen LogP contribution in [0.3, 0.4) is 0 Å². The fourth-order valence-corrected chi connectivity index (χ4v) is 6.48. The van der Waals surface area contributed by atoms with Crippen LogP contribution in [-0.4, -0.2) is 66.5 Å². The average Bonchev–Trinajstić information content (AvgIpc) is 3.14. The molecule has 31 heavy (non-hydrogen) atoms. The molecule has 2 atom stereocenters. The number of likely N-dealkylation sites (tertiary alicyclic amines) is 2. The summed E-state index contributed by atoms with van der Waals surface area (Å²) >= 11 is 0. The maximum absolute atomic E-state index is 13.8. The Morgan fingerprint density at radius 1 is 1.06 bits per heavy atom. The van der Waals surface area contributed by atoms with E-state index in [0.717, 1.165) is 19.4 Å². The van der Waals surface area contributed by atoms with Gasteiger partial charge in [-0.3, -0.25) is 9.69 Å². The van der Waals surface area contributed by atoms with Crippen molar-refractivity contribution in [3.05, 3.63) is 0 Å². The number of nitrogens with zero attached hydrogens (tertiary/aromatic N) is 2. The zero-order valence-electron chi connectivity index (χ0n) is 21.0. The number of carbonyl (C=O) groups is 2. The third-order valence-electron chi connectivity index (χ3n) is 7.79. The predicted octanol–water partition coefficient (Wildman–Crippen LogP) is 5.32. The third-order valence-corrected chi connectivity index (χ3v) is 12.3. The Morgan fingerprint density at radius 3 is 2.23 bits per heavy atom. The Hall–Kier alpha value is -1.08. The molecule has 3 rings (SSSR count). The van der Waals surface area contributed by atoms with Crippen LogP contribution in [-0.2, 0) is 14.0 Å². The molecule has 1 spiro atoms. The highest BCUT2D eigenvalue weighted by atomic mass is 28.4. The lowest BCUT2D eigenvalue weighted by atomic mass is 9.92. The predicted molar refractivity (Wildman–Crippen MR) is 126 cm³/mol. The van der Waals surface area contributed by atoms with Crippen LogP contribution in [0.1, 0.15) is 86.5 Å². The molecule has 2 aliphatic heterocycles. The van der Waals surface area contributed by atoms with Crippen molar-refractivity contribution in [1.29, 1.82) is 0 Å². The molecule has 0 radical (unpaired) electrons. The second kappa shape index (κ2) is 8.36. The standard InChI is InChI=1S/C24H44N2O4Si/c1-22(2,3)29-21(28)26-17-19(30-31(7,8)23(4,5)6)16-24(26)14-15-25(20(24)27)18-12-10-9-11-13-18/h18-19H,9-17H2,1-8H3/t19-,24?/m0/s1. The summed E-state index contributed by atoms with van der Waals surface area (Å²) in [6, 6.07) is 0.321. The lowest BCUT2D eigenvalue weighted by Crippen LogP contribution is -2.55. The summed E-state index contributed by atoms with van der Waals surface area (Å²) in [6.45, 7) is 17.9. The Kier molecular flexibility index (Phi) is 6.62. The molecule has 7 heteroatoms. The Morgan fingerprint density at radius 2 is 1.68 bits per heavy atom. The molecular formula is C24H44N2O4Si. The van der Waals surface area contributed by atoms with Gasteiger partial charge in [-0.15, -0.1) is 0 Å². The fraction of sp³-hybridized carbons (Fsp3) is 0.917. The molecule has 2 amide bonds. The first-order valence-electron chi connectivity index (χ1n) is 12.2. The Labute approximate surface area is 190 Å². The minimum Gasteiger partial charge on any atom is -0.444 e. The van der Waals surface area contributed by atoms with E-state index in [1.54, 1.807) is 4.90 Å². The number of hydrogen-bond acceptors (Lipinski definition) is 4. The van der Waals surface area contributed by atoms with E-state index in [-0.39, 0.29) is 23.1 Å². The molecule has 1 unspecified atom stereocenters. The first-order valence-corrected chi connectivity index (χ1v) is 15.1. The van der Waals surface area contributed by atoms with Crippen molar-refractivity contribution in [2.45, 2.75) is 128 Å². The maximum atomic E-state index is 13.8. The molecule has 2 saturated heterocycles. The molecule has 3 fully saturated rings. The second-order valence-electron chi connectivity index (χ2n) is 12.4. The van der Waals surface area contributed by atoms with Crippen LogP contribution in [0.4, 0.5) is 4.79 Å². The van der Waals surface area contributed by atoms with Gasteiger partial charge in [0.05, 0.1) is 12.6 Å². The lowest BCUT2D eigenvalue weighted by molar-refractivity contribution is -0.139. The molecule has 0 aromatic rings. The van der Waals surface area contributed by atoms with E-state index in [1.807, 2.05) is 20.8 Å². The van der Waals surface area contributed by atoms with Gasteiger partial charge in [0.15, 0.2) is 8.32 Å². The van der Waals surface area contributed by atoms with E-state index >= 15 is 0 Å². The van der Waals surface area contributed by atoms with Gasteiger partial charge < -0.3 is 14.1 Å². The number of rotatable bonds is 3. The van der Waals surface area contributed by atoms with Gasteiger partial charge in [-0.2, -0.15) is 0 Å². The molecule has 0 aromatic carbocycles. The molecule has 1 saturated carbocycles. The van der Waals surface area contributed by atoms with Gasteiger partial charge in [-0.25, -0.2) is 4.79 Å². The van der Waals surface area contributed by atoms with E-state index < -0.39 is 19.5 Å². The first-order chi connectivity index (χ1) is 14.2. The van der Waals surface area contributed by atoms with Crippen LogP contribution < -0.4 is 0 Å². The Bertz CT molecular complexity index is 691. The van der Waals surface area contributed by atoms with Gasteiger partial charge in [-0.05, 0) is 58.2 Å². The number of ether oxygens (including phenoxy) is 1. The zero-order chi connectivity index (χ0) is 23.2. The van der Waals surface area contributed by atoms with Crippen LogP contribution in [0.5, 0.6) is 0 Å². The summed E-state index contributed by atoms with van der Waals surface area (Å²) in [4.78, 5) is 30.9.